The number of hydrogen-bond acceptors (Lipinski definition) is 4. The van der Waals surface area contributed by atoms with Crippen molar-refractivity contribution in [2.75, 3.05) is 16.2 Å². The van der Waals surface area contributed by atoms with Gasteiger partial charge in [0.15, 0.2) is 0 Å². The van der Waals surface area contributed by atoms with E-state index in [2.05, 4.69) is 9.71 Å². The van der Waals surface area contributed by atoms with Crippen LogP contribution in [0.4, 0.5) is 20.2 Å². The minimum absolute atomic E-state index is 0.00531. The average molecular weight is 403 g/mol. The Bertz CT molecular complexity index is 1200. The molecular weight excluding hydrogens is 388 g/mol. The number of halogens is 2. The molecule has 1 N–H and O–H groups in total. The summed E-state index contributed by atoms with van der Waals surface area (Å²) in [7, 11) is -4.12. The van der Waals surface area contributed by atoms with Crippen molar-refractivity contribution >= 4 is 38.2 Å². The van der Waals surface area contributed by atoms with Crippen molar-refractivity contribution in [3.63, 3.8) is 0 Å². The van der Waals surface area contributed by atoms with Gasteiger partial charge in [0.25, 0.3) is 10.0 Å². The van der Waals surface area contributed by atoms with E-state index in [0.717, 1.165) is 18.2 Å². The molecule has 1 aliphatic heterocycles. The molecule has 28 heavy (non-hydrogen) atoms. The predicted molar refractivity (Wildman–Crippen MR) is 100 cm³/mol. The van der Waals surface area contributed by atoms with Gasteiger partial charge in [-0.15, -0.1) is 0 Å². The largest absolute Gasteiger partial charge is 0.310 e. The van der Waals surface area contributed by atoms with Crippen LogP contribution >= 0.6 is 0 Å². The van der Waals surface area contributed by atoms with Gasteiger partial charge >= 0.3 is 0 Å². The SMILES string of the molecule is O=C1CCCN1c1ccc(NS(=O)(=O)c2ccc(F)c3ncccc23)cc1F. The minimum Gasteiger partial charge on any atom is -0.310 e. The number of sulfonamides is 1. The van der Waals surface area contributed by atoms with Crippen LogP contribution in [0, 0.1) is 11.6 Å². The summed E-state index contributed by atoms with van der Waals surface area (Å²) in [5, 5.41) is 0.120. The molecule has 2 heterocycles. The topological polar surface area (TPSA) is 79.4 Å². The molecule has 0 radical (unpaired) electrons. The molecule has 0 aliphatic carbocycles. The zero-order chi connectivity index (χ0) is 19.9. The number of carbonyl (C=O) groups is 1. The number of anilines is 2. The molecule has 0 spiro atoms. The Morgan fingerprint density at radius 2 is 1.89 bits per heavy atom. The lowest BCUT2D eigenvalue weighted by Gasteiger charge is -2.17. The summed E-state index contributed by atoms with van der Waals surface area (Å²) in [4.78, 5) is 16.8. The standard InChI is InChI=1S/C19H15F2N3O3S/c20-14-6-8-17(13-3-1-9-22-19(13)14)28(26,27)23-12-5-7-16(15(21)11-12)24-10-2-4-18(24)25/h1,3,5-9,11,23H,2,4,10H2. The van der Waals surface area contributed by atoms with Crippen molar-refractivity contribution in [2.24, 2.45) is 0 Å². The molecule has 144 valence electrons. The van der Waals surface area contributed by atoms with Gasteiger partial charge in [0.05, 0.1) is 16.3 Å². The average Bonchev–Trinajstić information content (AvgIpc) is 3.07. The highest BCUT2D eigenvalue weighted by Gasteiger charge is 2.25. The van der Waals surface area contributed by atoms with E-state index >= 15 is 0 Å². The molecule has 9 heteroatoms. The number of carbonyl (C=O) groups excluding carboxylic acids is 1. The van der Waals surface area contributed by atoms with Gasteiger partial charge in [0.2, 0.25) is 5.91 Å². The van der Waals surface area contributed by atoms with Gasteiger partial charge in [0, 0.05) is 30.6 Å². The molecule has 1 fully saturated rings. The zero-order valence-electron chi connectivity index (χ0n) is 14.5. The number of hydrogen-bond donors (Lipinski definition) is 1. The molecule has 0 bridgehead atoms. The van der Waals surface area contributed by atoms with E-state index in [1.54, 1.807) is 0 Å². The molecule has 0 saturated carbocycles. The van der Waals surface area contributed by atoms with Crippen molar-refractivity contribution < 1.29 is 22.0 Å². The lowest BCUT2D eigenvalue weighted by molar-refractivity contribution is -0.117. The molecule has 1 aliphatic rings. The fraction of sp³-hybridized carbons (Fsp3) is 0.158. The first-order valence-corrected chi connectivity index (χ1v) is 10.0. The van der Waals surface area contributed by atoms with Crippen molar-refractivity contribution in [3.05, 3.63) is 60.3 Å². The molecule has 1 aromatic heterocycles. The number of amides is 1. The summed E-state index contributed by atoms with van der Waals surface area (Å²) in [6.45, 7) is 0.426. The Hall–Kier alpha value is -3.07. The van der Waals surface area contributed by atoms with Crippen LogP contribution in [-0.4, -0.2) is 25.9 Å². The first kappa shape index (κ1) is 18.3. The zero-order valence-corrected chi connectivity index (χ0v) is 15.3. The van der Waals surface area contributed by atoms with Crippen molar-refractivity contribution in [2.45, 2.75) is 17.7 Å². The first-order chi connectivity index (χ1) is 13.4. The number of fused-ring (bicyclic) bond motifs is 1. The van der Waals surface area contributed by atoms with E-state index in [1.807, 2.05) is 0 Å². The van der Waals surface area contributed by atoms with Crippen molar-refractivity contribution in [3.8, 4) is 0 Å². The Balaban J connectivity index is 1.68. The van der Waals surface area contributed by atoms with Crippen LogP contribution in [-0.2, 0) is 14.8 Å². The molecule has 1 saturated heterocycles. The molecule has 2 aromatic carbocycles. The maximum Gasteiger partial charge on any atom is 0.262 e. The second-order valence-corrected chi connectivity index (χ2v) is 8.02. The van der Waals surface area contributed by atoms with Gasteiger partial charge in [-0.05, 0) is 42.8 Å². The number of benzene rings is 2. The highest BCUT2D eigenvalue weighted by Crippen LogP contribution is 2.29. The molecular formula is C19H15F2N3O3S. The van der Waals surface area contributed by atoms with Crippen LogP contribution < -0.4 is 9.62 Å². The maximum absolute atomic E-state index is 14.5. The molecule has 1 amide bonds. The number of pyridine rings is 1. The Morgan fingerprint density at radius 1 is 1.07 bits per heavy atom. The highest BCUT2D eigenvalue weighted by molar-refractivity contribution is 7.93. The van der Waals surface area contributed by atoms with Gasteiger partial charge < -0.3 is 4.90 Å². The third-order valence-corrected chi connectivity index (χ3v) is 5.97. The predicted octanol–water partition coefficient (Wildman–Crippen LogP) is 3.44. The molecule has 4 rings (SSSR count). The van der Waals surface area contributed by atoms with E-state index in [9.17, 15) is 22.0 Å². The Labute approximate surface area is 159 Å². The number of nitrogens with one attached hydrogen (secondary N) is 1. The van der Waals surface area contributed by atoms with E-state index in [0.29, 0.717) is 19.4 Å². The third-order valence-electron chi connectivity index (χ3n) is 4.53. The van der Waals surface area contributed by atoms with Crippen LogP contribution in [0.3, 0.4) is 0 Å². The second kappa shape index (κ2) is 6.83. The highest BCUT2D eigenvalue weighted by atomic mass is 32.2. The maximum atomic E-state index is 14.5. The monoisotopic (exact) mass is 403 g/mol. The smallest absolute Gasteiger partial charge is 0.262 e. The Kier molecular flexibility index (Phi) is 4.46. The molecule has 3 aromatic rings. The summed E-state index contributed by atoms with van der Waals surface area (Å²) < 4.78 is 56.2. The number of rotatable bonds is 4. The summed E-state index contributed by atoms with van der Waals surface area (Å²) in [5.41, 5.74) is 0.0376. The molecule has 0 atom stereocenters. The van der Waals surface area contributed by atoms with Crippen LogP contribution in [0.1, 0.15) is 12.8 Å². The summed E-state index contributed by atoms with van der Waals surface area (Å²) in [6, 6.07) is 8.86. The number of aromatic nitrogens is 1. The first-order valence-electron chi connectivity index (χ1n) is 8.53. The summed E-state index contributed by atoms with van der Waals surface area (Å²) in [6.07, 6.45) is 2.38. The van der Waals surface area contributed by atoms with Crippen LogP contribution in [0.25, 0.3) is 10.9 Å². The minimum atomic E-state index is -4.12. The summed E-state index contributed by atoms with van der Waals surface area (Å²) in [5.74, 6) is -1.51. The van der Waals surface area contributed by atoms with Crippen LogP contribution in [0.2, 0.25) is 0 Å². The fourth-order valence-electron chi connectivity index (χ4n) is 3.25. The summed E-state index contributed by atoms with van der Waals surface area (Å²) >= 11 is 0. The fourth-order valence-corrected chi connectivity index (χ4v) is 4.50. The number of nitrogens with zero attached hydrogens (tertiary/aromatic N) is 2. The molecule has 0 unspecified atom stereocenters. The van der Waals surface area contributed by atoms with Gasteiger partial charge in [-0.2, -0.15) is 0 Å². The van der Waals surface area contributed by atoms with Gasteiger partial charge in [-0.25, -0.2) is 17.2 Å². The van der Waals surface area contributed by atoms with E-state index in [1.165, 1.54) is 35.4 Å². The second-order valence-electron chi connectivity index (χ2n) is 6.37. The Morgan fingerprint density at radius 3 is 2.61 bits per heavy atom. The lowest BCUT2D eigenvalue weighted by atomic mass is 10.2. The van der Waals surface area contributed by atoms with E-state index in [4.69, 9.17) is 0 Å². The molecule has 6 nitrogen and oxygen atoms in total. The third kappa shape index (κ3) is 3.18. The van der Waals surface area contributed by atoms with Gasteiger partial charge in [-0.3, -0.25) is 14.5 Å². The van der Waals surface area contributed by atoms with E-state index in [-0.39, 0.29) is 33.1 Å². The van der Waals surface area contributed by atoms with Crippen molar-refractivity contribution in [1.29, 1.82) is 0 Å². The lowest BCUT2D eigenvalue weighted by Crippen LogP contribution is -2.24. The van der Waals surface area contributed by atoms with Crippen LogP contribution in [0.5, 0.6) is 0 Å². The quantitative estimate of drug-likeness (QED) is 0.724. The van der Waals surface area contributed by atoms with Crippen LogP contribution in [0.15, 0.2) is 53.6 Å². The normalized spacial score (nSPS) is 14.6. The van der Waals surface area contributed by atoms with Gasteiger partial charge in [-0.1, -0.05) is 0 Å². The van der Waals surface area contributed by atoms with Crippen molar-refractivity contribution in [1.82, 2.24) is 4.98 Å². The van der Waals surface area contributed by atoms with E-state index < -0.39 is 21.7 Å². The van der Waals surface area contributed by atoms with Gasteiger partial charge in [0.1, 0.15) is 17.2 Å².